The second kappa shape index (κ2) is 8.45. The van der Waals surface area contributed by atoms with E-state index >= 15 is 0 Å². The van der Waals surface area contributed by atoms with E-state index in [0.29, 0.717) is 0 Å². The number of nitro groups is 1. The zero-order valence-electron chi connectivity index (χ0n) is 15.5. The van der Waals surface area contributed by atoms with Gasteiger partial charge in [0.25, 0.3) is 0 Å². The molecule has 1 rings (SSSR count). The van der Waals surface area contributed by atoms with E-state index in [-0.39, 0.29) is 23.7 Å². The number of carbonyl (C=O) groups is 1. The van der Waals surface area contributed by atoms with E-state index in [1.165, 1.54) is 16.4 Å². The van der Waals surface area contributed by atoms with Gasteiger partial charge in [0, 0.05) is 19.2 Å². The number of ether oxygens (including phenoxy) is 2. The molecule has 10 heteroatoms. The Balaban J connectivity index is 3.11. The molecule has 0 aliphatic heterocycles. The predicted molar refractivity (Wildman–Crippen MR) is 94.5 cm³/mol. The van der Waals surface area contributed by atoms with Crippen molar-refractivity contribution in [2.75, 3.05) is 19.7 Å². The fourth-order valence-corrected chi connectivity index (χ4v) is 3.62. The lowest BCUT2D eigenvalue weighted by Crippen LogP contribution is -2.30. The molecular weight excluding hydrogens is 364 g/mol. The highest BCUT2D eigenvalue weighted by atomic mass is 32.2. The van der Waals surface area contributed by atoms with Gasteiger partial charge in [-0.25, -0.2) is 13.2 Å². The molecule has 0 amide bonds. The van der Waals surface area contributed by atoms with Crippen LogP contribution in [0.25, 0.3) is 0 Å². The minimum atomic E-state index is -3.85. The molecule has 0 atom stereocenters. The van der Waals surface area contributed by atoms with Crippen molar-refractivity contribution in [2.24, 2.45) is 0 Å². The van der Waals surface area contributed by atoms with Crippen molar-refractivity contribution in [2.45, 2.75) is 45.1 Å². The molecule has 0 saturated heterocycles. The van der Waals surface area contributed by atoms with E-state index in [1.54, 1.807) is 34.6 Å². The zero-order chi connectivity index (χ0) is 20.1. The molecule has 0 spiro atoms. The van der Waals surface area contributed by atoms with Crippen molar-refractivity contribution in [3.8, 4) is 5.75 Å². The molecule has 26 heavy (non-hydrogen) atoms. The third-order valence-electron chi connectivity index (χ3n) is 3.24. The van der Waals surface area contributed by atoms with Gasteiger partial charge in [-0.2, -0.15) is 4.31 Å². The lowest BCUT2D eigenvalue weighted by Gasteiger charge is -2.20. The summed E-state index contributed by atoms with van der Waals surface area (Å²) in [4.78, 5) is 22.0. The molecule has 9 nitrogen and oxygen atoms in total. The minimum Gasteiger partial charge on any atom is -0.475 e. The van der Waals surface area contributed by atoms with Crippen LogP contribution in [0, 0.1) is 10.1 Å². The molecule has 1 aromatic carbocycles. The van der Waals surface area contributed by atoms with Gasteiger partial charge >= 0.3 is 11.7 Å². The first kappa shape index (κ1) is 21.8. The van der Waals surface area contributed by atoms with Crippen molar-refractivity contribution in [1.82, 2.24) is 4.31 Å². The zero-order valence-corrected chi connectivity index (χ0v) is 16.3. The lowest BCUT2D eigenvalue weighted by atomic mass is 10.2. The highest BCUT2D eigenvalue weighted by Gasteiger charge is 2.27. The normalized spacial score (nSPS) is 12.1. The quantitative estimate of drug-likeness (QED) is 0.381. The molecule has 0 aliphatic rings. The number of benzene rings is 1. The first-order valence-corrected chi connectivity index (χ1v) is 9.49. The summed E-state index contributed by atoms with van der Waals surface area (Å²) in [6.45, 7) is 8.34. The molecule has 0 aromatic heterocycles. The summed E-state index contributed by atoms with van der Waals surface area (Å²) in [5.74, 6) is -0.897. The van der Waals surface area contributed by atoms with Crippen LogP contribution in [0.3, 0.4) is 0 Å². The summed E-state index contributed by atoms with van der Waals surface area (Å²) in [6, 6.07) is 3.31. The summed E-state index contributed by atoms with van der Waals surface area (Å²) in [5.41, 5.74) is -1.25. The van der Waals surface area contributed by atoms with Gasteiger partial charge < -0.3 is 9.47 Å². The molecule has 0 heterocycles. The van der Waals surface area contributed by atoms with Crippen LogP contribution in [-0.4, -0.2) is 48.9 Å². The maximum absolute atomic E-state index is 12.5. The Morgan fingerprint density at radius 2 is 1.81 bits per heavy atom. The Morgan fingerprint density at radius 3 is 2.27 bits per heavy atom. The number of nitrogens with zero attached hydrogens (tertiary/aromatic N) is 2. The van der Waals surface area contributed by atoms with Crippen LogP contribution >= 0.6 is 0 Å². The van der Waals surface area contributed by atoms with Gasteiger partial charge in [-0.3, -0.25) is 10.1 Å². The van der Waals surface area contributed by atoms with Crippen molar-refractivity contribution < 1.29 is 27.6 Å². The molecule has 0 unspecified atom stereocenters. The largest absolute Gasteiger partial charge is 0.475 e. The minimum absolute atomic E-state index is 0.209. The van der Waals surface area contributed by atoms with E-state index in [4.69, 9.17) is 9.47 Å². The molecule has 0 fully saturated rings. The predicted octanol–water partition coefficient (Wildman–Crippen LogP) is 2.35. The second-order valence-electron chi connectivity index (χ2n) is 6.35. The maximum Gasteiger partial charge on any atom is 0.344 e. The molecule has 0 aliphatic carbocycles. The van der Waals surface area contributed by atoms with Gasteiger partial charge in [-0.15, -0.1) is 0 Å². The van der Waals surface area contributed by atoms with Gasteiger partial charge in [-0.05, 0) is 32.9 Å². The van der Waals surface area contributed by atoms with E-state index in [9.17, 15) is 23.3 Å². The van der Waals surface area contributed by atoms with Crippen molar-refractivity contribution in [1.29, 1.82) is 0 Å². The van der Waals surface area contributed by atoms with Gasteiger partial charge in [0.05, 0.1) is 9.82 Å². The first-order valence-electron chi connectivity index (χ1n) is 8.05. The van der Waals surface area contributed by atoms with Crippen LogP contribution in [0.1, 0.15) is 34.6 Å². The van der Waals surface area contributed by atoms with E-state index < -0.39 is 38.8 Å². The highest BCUT2D eigenvalue weighted by Crippen LogP contribution is 2.31. The van der Waals surface area contributed by atoms with Crippen LogP contribution in [0.15, 0.2) is 23.1 Å². The summed E-state index contributed by atoms with van der Waals surface area (Å²) >= 11 is 0. The lowest BCUT2D eigenvalue weighted by molar-refractivity contribution is -0.386. The van der Waals surface area contributed by atoms with Gasteiger partial charge in [-0.1, -0.05) is 13.8 Å². The van der Waals surface area contributed by atoms with Crippen molar-refractivity contribution in [3.63, 3.8) is 0 Å². The SMILES string of the molecule is CCN(CC)S(=O)(=O)c1ccc(OCC(=O)OC(C)(C)C)c([N+](=O)[O-])c1. The summed E-state index contributed by atoms with van der Waals surface area (Å²) in [7, 11) is -3.85. The molecule has 0 bridgehead atoms. The number of hydrogen-bond donors (Lipinski definition) is 0. The summed E-state index contributed by atoms with van der Waals surface area (Å²) in [5, 5.41) is 11.3. The molecule has 0 radical (unpaired) electrons. The number of rotatable bonds is 8. The fourth-order valence-electron chi connectivity index (χ4n) is 2.14. The van der Waals surface area contributed by atoms with Crippen LogP contribution < -0.4 is 4.74 Å². The average Bonchev–Trinajstić information content (AvgIpc) is 2.51. The second-order valence-corrected chi connectivity index (χ2v) is 8.29. The topological polar surface area (TPSA) is 116 Å². The summed E-state index contributed by atoms with van der Waals surface area (Å²) < 4.78 is 36.4. The Labute approximate surface area is 153 Å². The molecule has 0 N–H and O–H groups in total. The van der Waals surface area contributed by atoms with Crippen molar-refractivity contribution in [3.05, 3.63) is 28.3 Å². The van der Waals surface area contributed by atoms with Crippen LogP contribution in [0.4, 0.5) is 5.69 Å². The van der Waals surface area contributed by atoms with Crippen molar-refractivity contribution >= 4 is 21.7 Å². The Kier molecular flexibility index (Phi) is 7.10. The smallest absolute Gasteiger partial charge is 0.344 e. The number of carbonyl (C=O) groups excluding carboxylic acids is 1. The fraction of sp³-hybridized carbons (Fsp3) is 0.562. The number of esters is 1. The Bertz CT molecular complexity index is 765. The van der Waals surface area contributed by atoms with Gasteiger partial charge in [0.15, 0.2) is 12.4 Å². The number of nitro benzene ring substituents is 1. The standard InChI is InChI=1S/C16H24N2O7S/c1-6-17(7-2)26(22,23)12-8-9-14(13(10-12)18(20)21)24-11-15(19)25-16(3,4)5/h8-10H,6-7,11H2,1-5H3. The number of hydrogen-bond acceptors (Lipinski definition) is 7. The first-order chi connectivity index (χ1) is 11.9. The highest BCUT2D eigenvalue weighted by molar-refractivity contribution is 7.89. The maximum atomic E-state index is 12.5. The van der Waals surface area contributed by atoms with Crippen LogP contribution in [0.2, 0.25) is 0 Å². The molecular formula is C16H24N2O7S. The van der Waals surface area contributed by atoms with E-state index in [1.807, 2.05) is 0 Å². The van der Waals surface area contributed by atoms with Gasteiger partial charge in [0.2, 0.25) is 10.0 Å². The number of sulfonamides is 1. The molecule has 1 aromatic rings. The van der Waals surface area contributed by atoms with Crippen LogP contribution in [-0.2, 0) is 19.6 Å². The monoisotopic (exact) mass is 388 g/mol. The summed E-state index contributed by atoms with van der Waals surface area (Å²) in [6.07, 6.45) is 0. The van der Waals surface area contributed by atoms with E-state index in [2.05, 4.69) is 0 Å². The average molecular weight is 388 g/mol. The van der Waals surface area contributed by atoms with Gasteiger partial charge in [0.1, 0.15) is 5.60 Å². The Morgan fingerprint density at radius 1 is 1.23 bits per heavy atom. The molecule has 146 valence electrons. The molecule has 0 saturated carbocycles. The third-order valence-corrected chi connectivity index (χ3v) is 5.28. The Hall–Kier alpha value is -2.20. The third kappa shape index (κ3) is 5.67. The van der Waals surface area contributed by atoms with Crippen LogP contribution in [0.5, 0.6) is 5.75 Å². The van der Waals surface area contributed by atoms with E-state index in [0.717, 1.165) is 6.07 Å².